The van der Waals surface area contributed by atoms with Crippen molar-refractivity contribution in [3.05, 3.63) is 23.2 Å². The minimum absolute atomic E-state index is 0.0137. The fourth-order valence-electron chi connectivity index (χ4n) is 1.00. The van der Waals surface area contributed by atoms with Crippen LogP contribution in [-0.4, -0.2) is 27.6 Å². The molecule has 1 unspecified atom stereocenters. The summed E-state index contributed by atoms with van der Waals surface area (Å²) in [4.78, 5) is 9.67. The van der Waals surface area contributed by atoms with E-state index in [1.54, 1.807) is 0 Å². The van der Waals surface area contributed by atoms with E-state index in [0.29, 0.717) is 9.22 Å². The number of rotatable bonds is 7. The number of allylic oxidation sites excluding steroid dienone is 1. The van der Waals surface area contributed by atoms with E-state index in [2.05, 4.69) is 10.1 Å². The third kappa shape index (κ3) is 6.65. The first-order valence-electron chi connectivity index (χ1n) is 5.53. The van der Waals surface area contributed by atoms with Crippen molar-refractivity contribution in [2.75, 3.05) is 5.75 Å². The SMILES string of the molecule is CC(C)O/N=C/c1cnc([S+]([O-])CCC=C(F)F)s1. The van der Waals surface area contributed by atoms with E-state index in [0.717, 1.165) is 6.08 Å². The molecule has 106 valence electrons. The summed E-state index contributed by atoms with van der Waals surface area (Å²) in [5, 5.41) is 3.74. The summed E-state index contributed by atoms with van der Waals surface area (Å²) in [6, 6.07) is 0. The topological polar surface area (TPSA) is 57.5 Å². The van der Waals surface area contributed by atoms with Gasteiger partial charge in [0.15, 0.2) is 0 Å². The van der Waals surface area contributed by atoms with Gasteiger partial charge in [0.1, 0.15) is 11.9 Å². The average molecular weight is 308 g/mol. The first-order valence-corrected chi connectivity index (χ1v) is 7.67. The van der Waals surface area contributed by atoms with Crippen molar-refractivity contribution in [3.8, 4) is 0 Å². The molecule has 0 aliphatic carbocycles. The molecule has 0 aromatic carbocycles. The van der Waals surface area contributed by atoms with E-state index >= 15 is 0 Å². The van der Waals surface area contributed by atoms with E-state index in [-0.39, 0.29) is 18.3 Å². The Balaban J connectivity index is 2.49. The van der Waals surface area contributed by atoms with Gasteiger partial charge >= 0.3 is 4.34 Å². The summed E-state index contributed by atoms with van der Waals surface area (Å²) in [5.41, 5.74) is 0. The molecule has 0 radical (unpaired) electrons. The predicted octanol–water partition coefficient (Wildman–Crippen LogP) is 3.18. The normalized spacial score (nSPS) is 12.9. The molecule has 0 N–H and O–H groups in total. The molecule has 0 saturated carbocycles. The molecule has 19 heavy (non-hydrogen) atoms. The summed E-state index contributed by atoms with van der Waals surface area (Å²) < 4.78 is 35.8. The maximum atomic E-state index is 11.8. The number of halogens is 2. The molecule has 0 fully saturated rings. The molecule has 1 aromatic rings. The van der Waals surface area contributed by atoms with Gasteiger partial charge in [-0.1, -0.05) is 16.5 Å². The van der Waals surface area contributed by atoms with Crippen LogP contribution in [0, 0.1) is 0 Å². The van der Waals surface area contributed by atoms with E-state index in [9.17, 15) is 13.3 Å². The molecule has 0 bridgehead atoms. The highest BCUT2D eigenvalue weighted by Gasteiger charge is 2.15. The quantitative estimate of drug-likeness (QED) is 0.441. The smallest absolute Gasteiger partial charge is 0.302 e. The Morgan fingerprint density at radius 1 is 1.63 bits per heavy atom. The number of hydrogen-bond acceptors (Lipinski definition) is 5. The van der Waals surface area contributed by atoms with Crippen LogP contribution in [0.3, 0.4) is 0 Å². The third-order valence-electron chi connectivity index (χ3n) is 1.75. The van der Waals surface area contributed by atoms with Gasteiger partial charge in [-0.2, -0.15) is 13.8 Å². The van der Waals surface area contributed by atoms with Crippen molar-refractivity contribution < 1.29 is 18.2 Å². The van der Waals surface area contributed by atoms with Gasteiger partial charge < -0.3 is 9.39 Å². The molecule has 0 aliphatic rings. The van der Waals surface area contributed by atoms with Crippen LogP contribution in [0.5, 0.6) is 0 Å². The van der Waals surface area contributed by atoms with Gasteiger partial charge in [-0.05, 0) is 19.9 Å². The summed E-state index contributed by atoms with van der Waals surface area (Å²) in [6.45, 7) is 3.70. The molecular weight excluding hydrogens is 294 g/mol. The highest BCUT2D eigenvalue weighted by Crippen LogP contribution is 2.19. The third-order valence-corrected chi connectivity index (χ3v) is 4.39. The highest BCUT2D eigenvalue weighted by atomic mass is 32.2. The van der Waals surface area contributed by atoms with Crippen molar-refractivity contribution in [3.63, 3.8) is 0 Å². The minimum Gasteiger partial charge on any atom is -0.610 e. The fraction of sp³-hybridized carbons (Fsp3) is 0.455. The standard InChI is InChI=1S/C11H14F2N2O2S2/c1-8(2)17-15-7-9-6-14-11(18-9)19(16)5-3-4-10(12)13/h4,6-8H,3,5H2,1-2H3/b15-7+. The van der Waals surface area contributed by atoms with E-state index in [4.69, 9.17) is 4.84 Å². The molecule has 0 saturated heterocycles. The molecule has 0 spiro atoms. The lowest BCUT2D eigenvalue weighted by Crippen LogP contribution is -2.05. The summed E-state index contributed by atoms with van der Waals surface area (Å²) in [6.07, 6.45) is 2.06. The van der Waals surface area contributed by atoms with Crippen molar-refractivity contribution in [2.45, 2.75) is 30.7 Å². The van der Waals surface area contributed by atoms with Crippen molar-refractivity contribution >= 4 is 28.7 Å². The Labute approximate surface area is 117 Å². The first kappa shape index (κ1) is 16.1. The molecule has 1 atom stereocenters. The number of hydrogen-bond donors (Lipinski definition) is 0. The van der Waals surface area contributed by atoms with Gasteiger partial charge in [-0.15, -0.1) is 0 Å². The largest absolute Gasteiger partial charge is 0.610 e. The summed E-state index contributed by atoms with van der Waals surface area (Å²) >= 11 is -0.164. The number of thiazole rings is 1. The second kappa shape index (κ2) is 8.23. The van der Waals surface area contributed by atoms with Gasteiger partial charge in [0.05, 0.1) is 17.3 Å². The Bertz CT molecular complexity index is 446. The predicted molar refractivity (Wildman–Crippen MR) is 72.1 cm³/mol. The van der Waals surface area contributed by atoms with Crippen LogP contribution < -0.4 is 0 Å². The van der Waals surface area contributed by atoms with Gasteiger partial charge in [0, 0.05) is 17.6 Å². The van der Waals surface area contributed by atoms with Gasteiger partial charge in [0.25, 0.3) is 6.08 Å². The molecule has 1 heterocycles. The van der Waals surface area contributed by atoms with Crippen molar-refractivity contribution in [1.29, 1.82) is 0 Å². The van der Waals surface area contributed by atoms with Crippen LogP contribution in [0.25, 0.3) is 0 Å². The highest BCUT2D eigenvalue weighted by molar-refractivity contribution is 7.93. The lowest BCUT2D eigenvalue weighted by Gasteiger charge is -2.03. The van der Waals surface area contributed by atoms with Crippen LogP contribution in [0.1, 0.15) is 25.1 Å². The zero-order chi connectivity index (χ0) is 14.3. The maximum absolute atomic E-state index is 11.8. The van der Waals surface area contributed by atoms with Gasteiger partial charge in [0.2, 0.25) is 0 Å². The van der Waals surface area contributed by atoms with E-state index in [1.807, 2.05) is 13.8 Å². The summed E-state index contributed by atoms with van der Waals surface area (Å²) in [5.74, 6) is 0.129. The fourth-order valence-corrected chi connectivity index (χ4v) is 3.10. The van der Waals surface area contributed by atoms with E-state index in [1.165, 1.54) is 23.7 Å². The van der Waals surface area contributed by atoms with Crippen LogP contribution in [0.15, 0.2) is 27.8 Å². The Morgan fingerprint density at radius 2 is 2.37 bits per heavy atom. The minimum atomic E-state index is -1.75. The van der Waals surface area contributed by atoms with Crippen molar-refractivity contribution in [2.24, 2.45) is 5.16 Å². The molecule has 0 amide bonds. The Kier molecular flexibility index (Phi) is 6.96. The van der Waals surface area contributed by atoms with Crippen LogP contribution >= 0.6 is 11.3 Å². The molecule has 4 nitrogen and oxygen atoms in total. The lowest BCUT2D eigenvalue weighted by atomic mass is 10.5. The zero-order valence-corrected chi connectivity index (χ0v) is 12.1. The van der Waals surface area contributed by atoms with Crippen LogP contribution in [-0.2, 0) is 16.0 Å². The molecular formula is C11H14F2N2O2S2. The zero-order valence-electron chi connectivity index (χ0n) is 10.5. The lowest BCUT2D eigenvalue weighted by molar-refractivity contribution is 0.0874. The molecule has 0 aliphatic heterocycles. The Hall–Kier alpha value is -0.990. The van der Waals surface area contributed by atoms with Crippen LogP contribution in [0.2, 0.25) is 0 Å². The van der Waals surface area contributed by atoms with Gasteiger partial charge in [-0.3, -0.25) is 0 Å². The number of aromatic nitrogens is 1. The molecule has 1 rings (SSSR count). The Morgan fingerprint density at radius 3 is 3.00 bits per heavy atom. The molecule has 8 heteroatoms. The second-order valence-electron chi connectivity index (χ2n) is 3.75. The van der Waals surface area contributed by atoms with Crippen LogP contribution in [0.4, 0.5) is 8.78 Å². The summed E-state index contributed by atoms with van der Waals surface area (Å²) in [7, 11) is 0. The van der Waals surface area contributed by atoms with Gasteiger partial charge in [-0.25, -0.2) is 0 Å². The van der Waals surface area contributed by atoms with Crippen molar-refractivity contribution in [1.82, 2.24) is 4.98 Å². The monoisotopic (exact) mass is 308 g/mol. The maximum Gasteiger partial charge on any atom is 0.302 e. The molecule has 1 aromatic heterocycles. The first-order chi connectivity index (χ1) is 8.99. The van der Waals surface area contributed by atoms with E-state index < -0.39 is 17.3 Å². The second-order valence-corrected chi connectivity index (χ2v) is 6.56. The number of oxime groups is 1. The number of nitrogens with zero attached hydrogens (tertiary/aromatic N) is 2. The average Bonchev–Trinajstić information content (AvgIpc) is 2.76.